The molecule has 0 saturated carbocycles. The molecule has 0 spiro atoms. The maximum atomic E-state index is 12.9. The first-order valence-corrected chi connectivity index (χ1v) is 10.2. The van der Waals surface area contributed by atoms with Crippen LogP contribution in [-0.4, -0.2) is 40.7 Å². The van der Waals surface area contributed by atoms with Crippen molar-refractivity contribution in [2.75, 3.05) is 19.6 Å². The standard InChI is InChI=1S/C21H21Cl3N2O2/c22-17-9-10-18(23)21(24)16(17)13-20(27)26(28)19(15-7-3-1-4-8-15)14-25-11-5-2-6-12-25/h1-5,7-10,19,28H,6,11-14H2. The third kappa shape index (κ3) is 5.07. The van der Waals surface area contributed by atoms with Gasteiger partial charge >= 0.3 is 0 Å². The minimum atomic E-state index is -0.503. The number of carbonyl (C=O) groups excluding carboxylic acids is 1. The molecule has 28 heavy (non-hydrogen) atoms. The normalized spacial score (nSPS) is 15.4. The number of halogens is 3. The van der Waals surface area contributed by atoms with Crippen molar-refractivity contribution in [1.29, 1.82) is 0 Å². The van der Waals surface area contributed by atoms with Crippen LogP contribution in [0.3, 0.4) is 0 Å². The first-order valence-electron chi connectivity index (χ1n) is 9.03. The minimum Gasteiger partial charge on any atom is -0.297 e. The molecule has 7 heteroatoms. The van der Waals surface area contributed by atoms with Gasteiger partial charge in [-0.05, 0) is 24.1 Å². The van der Waals surface area contributed by atoms with Crippen molar-refractivity contribution in [3.8, 4) is 0 Å². The summed E-state index contributed by atoms with van der Waals surface area (Å²) in [6.07, 6.45) is 5.05. The monoisotopic (exact) mass is 438 g/mol. The molecule has 0 fully saturated rings. The van der Waals surface area contributed by atoms with Crippen molar-refractivity contribution in [1.82, 2.24) is 9.96 Å². The van der Waals surface area contributed by atoms with Gasteiger partial charge in [-0.1, -0.05) is 77.3 Å². The molecule has 1 unspecified atom stereocenters. The average molecular weight is 440 g/mol. The van der Waals surface area contributed by atoms with Gasteiger partial charge in [0.25, 0.3) is 5.91 Å². The number of amides is 1. The van der Waals surface area contributed by atoms with Crippen LogP contribution < -0.4 is 0 Å². The number of carbonyl (C=O) groups is 1. The average Bonchev–Trinajstić information content (AvgIpc) is 2.73. The molecular weight excluding hydrogens is 419 g/mol. The van der Waals surface area contributed by atoms with Gasteiger partial charge in [-0.3, -0.25) is 14.9 Å². The summed E-state index contributed by atoms with van der Waals surface area (Å²) in [6, 6.07) is 12.2. The number of benzene rings is 2. The first-order chi connectivity index (χ1) is 13.5. The Labute approximate surface area is 179 Å². The van der Waals surface area contributed by atoms with Gasteiger partial charge in [-0.15, -0.1) is 0 Å². The Morgan fingerprint density at radius 2 is 1.79 bits per heavy atom. The summed E-state index contributed by atoms with van der Waals surface area (Å²) in [7, 11) is 0. The molecule has 2 aromatic carbocycles. The number of hydrogen-bond donors (Lipinski definition) is 1. The van der Waals surface area contributed by atoms with Crippen LogP contribution in [0.1, 0.15) is 23.6 Å². The van der Waals surface area contributed by atoms with Crippen LogP contribution in [0.4, 0.5) is 0 Å². The summed E-state index contributed by atoms with van der Waals surface area (Å²) in [6.45, 7) is 2.19. The summed E-state index contributed by atoms with van der Waals surface area (Å²) in [5.41, 5.74) is 1.27. The molecule has 1 aliphatic rings. The highest BCUT2D eigenvalue weighted by molar-refractivity contribution is 6.44. The van der Waals surface area contributed by atoms with Crippen LogP contribution >= 0.6 is 34.8 Å². The van der Waals surface area contributed by atoms with Crippen molar-refractivity contribution in [3.05, 3.63) is 80.8 Å². The quantitative estimate of drug-likeness (QED) is 0.283. The van der Waals surface area contributed by atoms with Crippen molar-refractivity contribution in [2.24, 2.45) is 0 Å². The lowest BCUT2D eigenvalue weighted by Crippen LogP contribution is -2.41. The first kappa shape index (κ1) is 21.2. The maximum absolute atomic E-state index is 12.9. The Balaban J connectivity index is 1.82. The Morgan fingerprint density at radius 1 is 1.07 bits per heavy atom. The summed E-state index contributed by atoms with van der Waals surface area (Å²) in [5.74, 6) is -0.493. The second-order valence-corrected chi connectivity index (χ2v) is 7.88. The summed E-state index contributed by atoms with van der Waals surface area (Å²) in [5, 5.41) is 12.5. The van der Waals surface area contributed by atoms with E-state index in [9.17, 15) is 10.0 Å². The van der Waals surface area contributed by atoms with E-state index in [0.717, 1.165) is 30.1 Å². The fourth-order valence-corrected chi connectivity index (χ4v) is 3.92. The lowest BCUT2D eigenvalue weighted by atomic mass is 10.0. The molecule has 1 aliphatic heterocycles. The minimum absolute atomic E-state index is 0.141. The largest absolute Gasteiger partial charge is 0.297 e. The van der Waals surface area contributed by atoms with E-state index < -0.39 is 11.9 Å². The van der Waals surface area contributed by atoms with Gasteiger partial charge < -0.3 is 0 Å². The van der Waals surface area contributed by atoms with E-state index in [1.807, 2.05) is 30.3 Å². The van der Waals surface area contributed by atoms with Crippen LogP contribution in [0.2, 0.25) is 15.1 Å². The number of hydroxylamine groups is 2. The van der Waals surface area contributed by atoms with Gasteiger partial charge in [-0.2, -0.15) is 0 Å². The van der Waals surface area contributed by atoms with Crippen LogP contribution in [0.15, 0.2) is 54.6 Å². The summed E-state index contributed by atoms with van der Waals surface area (Å²) >= 11 is 18.5. The SMILES string of the molecule is O=C(Cc1c(Cl)ccc(Cl)c1Cl)N(O)C(CN1CC=CCC1)c1ccccc1. The van der Waals surface area contributed by atoms with E-state index in [4.69, 9.17) is 34.8 Å². The Bertz CT molecular complexity index is 858. The van der Waals surface area contributed by atoms with Crippen molar-refractivity contribution in [3.63, 3.8) is 0 Å². The van der Waals surface area contributed by atoms with Gasteiger partial charge in [0.2, 0.25) is 0 Å². The molecule has 4 nitrogen and oxygen atoms in total. The van der Waals surface area contributed by atoms with E-state index in [0.29, 0.717) is 22.2 Å². The molecule has 0 radical (unpaired) electrons. The zero-order valence-electron chi connectivity index (χ0n) is 15.2. The third-order valence-corrected chi connectivity index (χ3v) is 5.97. The number of nitrogens with zero attached hydrogens (tertiary/aromatic N) is 2. The smallest absolute Gasteiger partial charge is 0.251 e. The molecule has 0 bridgehead atoms. The van der Waals surface area contributed by atoms with Gasteiger partial charge in [-0.25, -0.2) is 5.06 Å². The van der Waals surface area contributed by atoms with Gasteiger partial charge in [0.15, 0.2) is 0 Å². The molecule has 1 heterocycles. The molecule has 1 atom stereocenters. The van der Waals surface area contributed by atoms with Crippen LogP contribution in [0.5, 0.6) is 0 Å². The van der Waals surface area contributed by atoms with E-state index in [2.05, 4.69) is 17.1 Å². The molecule has 3 rings (SSSR count). The maximum Gasteiger partial charge on any atom is 0.251 e. The topological polar surface area (TPSA) is 43.8 Å². The van der Waals surface area contributed by atoms with E-state index in [-0.39, 0.29) is 11.4 Å². The highest BCUT2D eigenvalue weighted by Crippen LogP contribution is 2.32. The second kappa shape index (κ2) is 9.77. The van der Waals surface area contributed by atoms with Crippen molar-refractivity contribution >= 4 is 40.7 Å². The fraction of sp³-hybridized carbons (Fsp3) is 0.286. The molecule has 0 saturated heterocycles. The second-order valence-electron chi connectivity index (χ2n) is 6.68. The molecule has 148 valence electrons. The zero-order valence-corrected chi connectivity index (χ0v) is 17.5. The zero-order chi connectivity index (χ0) is 20.1. The van der Waals surface area contributed by atoms with Gasteiger partial charge in [0, 0.05) is 30.2 Å². The molecule has 0 aromatic heterocycles. The third-order valence-electron chi connectivity index (χ3n) is 4.78. The molecule has 0 aliphatic carbocycles. The summed E-state index contributed by atoms with van der Waals surface area (Å²) < 4.78 is 0. The Hall–Kier alpha value is -1.56. The lowest BCUT2D eigenvalue weighted by Gasteiger charge is -2.32. The van der Waals surface area contributed by atoms with Crippen molar-refractivity contribution in [2.45, 2.75) is 18.9 Å². The van der Waals surface area contributed by atoms with Crippen LogP contribution in [0.25, 0.3) is 0 Å². The highest BCUT2D eigenvalue weighted by Gasteiger charge is 2.27. The number of rotatable bonds is 6. The summed E-state index contributed by atoms with van der Waals surface area (Å²) in [4.78, 5) is 15.1. The van der Waals surface area contributed by atoms with Crippen LogP contribution in [-0.2, 0) is 11.2 Å². The van der Waals surface area contributed by atoms with E-state index in [1.165, 1.54) is 0 Å². The molecular formula is C21H21Cl3N2O2. The number of hydrogen-bond acceptors (Lipinski definition) is 3. The Kier molecular flexibility index (Phi) is 7.38. The fourth-order valence-electron chi connectivity index (χ4n) is 3.24. The molecule has 1 amide bonds. The predicted molar refractivity (Wildman–Crippen MR) is 113 cm³/mol. The van der Waals surface area contributed by atoms with Gasteiger partial charge in [0.1, 0.15) is 0 Å². The predicted octanol–water partition coefficient (Wildman–Crippen LogP) is 5.41. The lowest BCUT2D eigenvalue weighted by molar-refractivity contribution is -0.177. The Morgan fingerprint density at radius 3 is 2.46 bits per heavy atom. The van der Waals surface area contributed by atoms with Crippen LogP contribution in [0, 0.1) is 0 Å². The van der Waals surface area contributed by atoms with Crippen molar-refractivity contribution < 1.29 is 10.0 Å². The van der Waals surface area contributed by atoms with E-state index in [1.54, 1.807) is 12.1 Å². The molecule has 2 aromatic rings. The molecule has 1 N–H and O–H groups in total. The highest BCUT2D eigenvalue weighted by atomic mass is 35.5. The van der Waals surface area contributed by atoms with Gasteiger partial charge in [0.05, 0.1) is 22.5 Å². The van der Waals surface area contributed by atoms with E-state index >= 15 is 0 Å².